The molecule has 90 valence electrons. The van der Waals surface area contributed by atoms with Crippen molar-refractivity contribution in [2.45, 2.75) is 66.3 Å². The number of hydrogen-bond donors (Lipinski definition) is 1. The molecule has 0 radical (unpaired) electrons. The molecule has 0 aromatic heterocycles. The molecular formula is C14H29N. The van der Waals surface area contributed by atoms with Gasteiger partial charge in [0, 0.05) is 6.04 Å². The highest BCUT2D eigenvalue weighted by Crippen LogP contribution is 2.46. The molecule has 0 bridgehead atoms. The van der Waals surface area contributed by atoms with E-state index in [1.54, 1.807) is 0 Å². The average molecular weight is 211 g/mol. The summed E-state index contributed by atoms with van der Waals surface area (Å²) in [5.41, 5.74) is 0.575. The lowest BCUT2D eigenvalue weighted by atomic mass is 9.86. The minimum Gasteiger partial charge on any atom is -0.314 e. The van der Waals surface area contributed by atoms with Crippen LogP contribution in [0.1, 0.15) is 60.3 Å². The van der Waals surface area contributed by atoms with Crippen molar-refractivity contribution >= 4 is 0 Å². The second-order valence-electron chi connectivity index (χ2n) is 6.17. The van der Waals surface area contributed by atoms with Crippen LogP contribution >= 0.6 is 0 Å². The lowest BCUT2D eigenvalue weighted by molar-refractivity contribution is 0.276. The van der Waals surface area contributed by atoms with Crippen molar-refractivity contribution in [3.05, 3.63) is 0 Å². The molecule has 1 heteroatoms. The molecule has 0 spiro atoms. The van der Waals surface area contributed by atoms with E-state index in [1.165, 1.54) is 25.7 Å². The zero-order chi connectivity index (χ0) is 11.5. The largest absolute Gasteiger partial charge is 0.314 e. The molecule has 1 aliphatic carbocycles. The standard InChI is InChI=1S/C14H29N/c1-6-8-13(15-7-2)12-10-14(4,5)9-11(12)3/h11-13,15H,6-10H2,1-5H3. The maximum Gasteiger partial charge on any atom is 0.00978 e. The van der Waals surface area contributed by atoms with E-state index in [0.29, 0.717) is 5.41 Å². The Bertz CT molecular complexity index is 180. The Morgan fingerprint density at radius 2 is 1.93 bits per heavy atom. The quantitative estimate of drug-likeness (QED) is 0.728. The summed E-state index contributed by atoms with van der Waals surface area (Å²) in [6.45, 7) is 13.0. The number of rotatable bonds is 5. The highest BCUT2D eigenvalue weighted by molar-refractivity contribution is 4.92. The third-order valence-electron chi connectivity index (χ3n) is 3.98. The molecule has 1 rings (SSSR count). The van der Waals surface area contributed by atoms with Crippen molar-refractivity contribution in [2.24, 2.45) is 17.3 Å². The van der Waals surface area contributed by atoms with Crippen LogP contribution in [0, 0.1) is 17.3 Å². The molecule has 3 unspecified atom stereocenters. The van der Waals surface area contributed by atoms with Crippen LogP contribution in [0.3, 0.4) is 0 Å². The molecule has 0 aliphatic heterocycles. The van der Waals surface area contributed by atoms with Crippen molar-refractivity contribution < 1.29 is 0 Å². The fourth-order valence-electron chi connectivity index (χ4n) is 3.53. The second kappa shape index (κ2) is 5.34. The lowest BCUT2D eigenvalue weighted by Gasteiger charge is -2.28. The molecular weight excluding hydrogens is 182 g/mol. The summed E-state index contributed by atoms with van der Waals surface area (Å²) in [7, 11) is 0. The van der Waals surface area contributed by atoms with Crippen molar-refractivity contribution in [1.29, 1.82) is 0 Å². The molecule has 3 atom stereocenters. The van der Waals surface area contributed by atoms with Gasteiger partial charge in [-0.1, -0.05) is 41.0 Å². The van der Waals surface area contributed by atoms with Crippen LogP contribution in [-0.4, -0.2) is 12.6 Å². The van der Waals surface area contributed by atoms with Gasteiger partial charge in [-0.2, -0.15) is 0 Å². The minimum atomic E-state index is 0.575. The van der Waals surface area contributed by atoms with Gasteiger partial charge >= 0.3 is 0 Å². The molecule has 1 fully saturated rings. The Labute approximate surface area is 96.0 Å². The predicted octanol–water partition coefficient (Wildman–Crippen LogP) is 3.84. The van der Waals surface area contributed by atoms with E-state index in [1.807, 2.05) is 0 Å². The van der Waals surface area contributed by atoms with E-state index in [-0.39, 0.29) is 0 Å². The normalized spacial score (nSPS) is 31.8. The van der Waals surface area contributed by atoms with Crippen molar-refractivity contribution in [1.82, 2.24) is 5.32 Å². The Morgan fingerprint density at radius 1 is 1.27 bits per heavy atom. The fourth-order valence-corrected chi connectivity index (χ4v) is 3.53. The van der Waals surface area contributed by atoms with Crippen molar-refractivity contribution in [3.8, 4) is 0 Å². The number of hydrogen-bond acceptors (Lipinski definition) is 1. The first-order chi connectivity index (χ1) is 7.00. The van der Waals surface area contributed by atoms with Gasteiger partial charge in [-0.15, -0.1) is 0 Å². The number of nitrogens with one attached hydrogen (secondary N) is 1. The van der Waals surface area contributed by atoms with E-state index in [0.717, 1.165) is 24.4 Å². The molecule has 15 heavy (non-hydrogen) atoms. The highest BCUT2D eigenvalue weighted by Gasteiger charge is 2.39. The van der Waals surface area contributed by atoms with Gasteiger partial charge < -0.3 is 5.32 Å². The monoisotopic (exact) mass is 211 g/mol. The van der Waals surface area contributed by atoms with Gasteiger partial charge in [0.1, 0.15) is 0 Å². The van der Waals surface area contributed by atoms with Crippen LogP contribution in [-0.2, 0) is 0 Å². The zero-order valence-corrected chi connectivity index (χ0v) is 11.3. The van der Waals surface area contributed by atoms with Gasteiger partial charge in [0.25, 0.3) is 0 Å². The Kier molecular flexibility index (Phi) is 4.64. The third-order valence-corrected chi connectivity index (χ3v) is 3.98. The molecule has 1 saturated carbocycles. The van der Waals surface area contributed by atoms with Crippen LogP contribution in [0.15, 0.2) is 0 Å². The topological polar surface area (TPSA) is 12.0 Å². The first kappa shape index (κ1) is 13.0. The molecule has 0 aromatic rings. The Hall–Kier alpha value is -0.0400. The fraction of sp³-hybridized carbons (Fsp3) is 1.00. The van der Waals surface area contributed by atoms with E-state index in [2.05, 4.69) is 39.9 Å². The summed E-state index contributed by atoms with van der Waals surface area (Å²) in [5, 5.41) is 3.69. The van der Waals surface area contributed by atoms with Gasteiger partial charge in [-0.3, -0.25) is 0 Å². The van der Waals surface area contributed by atoms with Gasteiger partial charge in [0.05, 0.1) is 0 Å². The van der Waals surface area contributed by atoms with E-state index >= 15 is 0 Å². The molecule has 1 N–H and O–H groups in total. The third kappa shape index (κ3) is 3.48. The summed E-state index contributed by atoms with van der Waals surface area (Å²) in [4.78, 5) is 0. The smallest absolute Gasteiger partial charge is 0.00978 e. The zero-order valence-electron chi connectivity index (χ0n) is 11.3. The second-order valence-corrected chi connectivity index (χ2v) is 6.17. The van der Waals surface area contributed by atoms with E-state index in [9.17, 15) is 0 Å². The SMILES string of the molecule is CCCC(NCC)C1CC(C)(C)CC1C. The Morgan fingerprint density at radius 3 is 2.33 bits per heavy atom. The molecule has 0 amide bonds. The van der Waals surface area contributed by atoms with Gasteiger partial charge in [0.2, 0.25) is 0 Å². The van der Waals surface area contributed by atoms with Crippen LogP contribution in [0.4, 0.5) is 0 Å². The van der Waals surface area contributed by atoms with Gasteiger partial charge in [0.15, 0.2) is 0 Å². The van der Waals surface area contributed by atoms with Crippen LogP contribution < -0.4 is 5.32 Å². The predicted molar refractivity (Wildman–Crippen MR) is 68.0 cm³/mol. The molecule has 0 aromatic carbocycles. The summed E-state index contributed by atoms with van der Waals surface area (Å²) in [5.74, 6) is 1.80. The van der Waals surface area contributed by atoms with E-state index < -0.39 is 0 Å². The van der Waals surface area contributed by atoms with Crippen molar-refractivity contribution in [2.75, 3.05) is 6.54 Å². The van der Waals surface area contributed by atoms with E-state index in [4.69, 9.17) is 0 Å². The average Bonchev–Trinajstić information content (AvgIpc) is 2.39. The summed E-state index contributed by atoms with van der Waals surface area (Å²) in [6, 6.07) is 0.761. The van der Waals surface area contributed by atoms with Gasteiger partial charge in [-0.05, 0) is 43.1 Å². The first-order valence-electron chi connectivity index (χ1n) is 6.73. The maximum absolute atomic E-state index is 3.69. The first-order valence-corrected chi connectivity index (χ1v) is 6.73. The van der Waals surface area contributed by atoms with Crippen molar-refractivity contribution in [3.63, 3.8) is 0 Å². The summed E-state index contributed by atoms with van der Waals surface area (Å²) < 4.78 is 0. The minimum absolute atomic E-state index is 0.575. The van der Waals surface area contributed by atoms with Crippen LogP contribution in [0.5, 0.6) is 0 Å². The summed E-state index contributed by atoms with van der Waals surface area (Å²) in [6.07, 6.45) is 5.47. The summed E-state index contributed by atoms with van der Waals surface area (Å²) >= 11 is 0. The van der Waals surface area contributed by atoms with Gasteiger partial charge in [-0.25, -0.2) is 0 Å². The highest BCUT2D eigenvalue weighted by atomic mass is 14.9. The Balaban J connectivity index is 2.59. The molecule has 1 nitrogen and oxygen atoms in total. The van der Waals surface area contributed by atoms with Crippen LogP contribution in [0.2, 0.25) is 0 Å². The maximum atomic E-state index is 3.69. The molecule has 1 aliphatic rings. The molecule has 0 saturated heterocycles. The molecule has 0 heterocycles. The van der Waals surface area contributed by atoms with Crippen LogP contribution in [0.25, 0.3) is 0 Å². The lowest BCUT2D eigenvalue weighted by Crippen LogP contribution is -2.37.